The first-order valence-corrected chi connectivity index (χ1v) is 25.2. The Kier molecular flexibility index (Phi) is 28.4. The highest BCUT2D eigenvalue weighted by Crippen LogP contribution is 2.57. The second-order valence-corrected chi connectivity index (χ2v) is 17.3. The Labute approximate surface area is 412 Å². The van der Waals surface area contributed by atoms with Crippen molar-refractivity contribution < 1.29 is 0 Å². The molecule has 0 fully saturated rings. The van der Waals surface area contributed by atoms with Crippen LogP contribution in [-0.4, -0.2) is 0 Å². The molecule has 0 aromatic heterocycles. The van der Waals surface area contributed by atoms with Gasteiger partial charge in [-0.05, 0) is 152 Å². The van der Waals surface area contributed by atoms with Crippen LogP contribution in [0.1, 0.15) is 177 Å². The summed E-state index contributed by atoms with van der Waals surface area (Å²) >= 11 is 0. The number of rotatable bonds is 18. The molecule has 1 aliphatic carbocycles. The molecule has 5 rings (SSSR count). The molecule has 0 heterocycles. The van der Waals surface area contributed by atoms with Crippen LogP contribution >= 0.6 is 0 Å². The molecule has 0 saturated heterocycles. The lowest BCUT2D eigenvalue weighted by Gasteiger charge is -2.33. The van der Waals surface area contributed by atoms with Crippen molar-refractivity contribution in [3.63, 3.8) is 0 Å². The van der Waals surface area contributed by atoms with Crippen LogP contribution in [0.2, 0.25) is 0 Å². The molecule has 0 nitrogen and oxygen atoms in total. The van der Waals surface area contributed by atoms with Gasteiger partial charge in [-0.3, -0.25) is 0 Å². The van der Waals surface area contributed by atoms with Gasteiger partial charge < -0.3 is 0 Å². The van der Waals surface area contributed by atoms with Crippen molar-refractivity contribution >= 4 is 17.7 Å². The van der Waals surface area contributed by atoms with Gasteiger partial charge in [-0.1, -0.05) is 252 Å². The van der Waals surface area contributed by atoms with E-state index in [1.165, 1.54) is 89.9 Å². The fourth-order valence-corrected chi connectivity index (χ4v) is 9.02. The first-order chi connectivity index (χ1) is 32.3. The Bertz CT molecular complexity index is 2320. The van der Waals surface area contributed by atoms with E-state index in [1.54, 1.807) is 6.08 Å². The molecule has 0 N–H and O–H groups in total. The van der Waals surface area contributed by atoms with Gasteiger partial charge >= 0.3 is 0 Å². The molecule has 0 spiro atoms. The maximum Gasteiger partial charge on any atom is 0.0215 e. The molecule has 67 heavy (non-hydrogen) atoms. The van der Waals surface area contributed by atoms with Gasteiger partial charge in [0.2, 0.25) is 0 Å². The number of hydrogen-bond acceptors (Lipinski definition) is 0. The van der Waals surface area contributed by atoms with E-state index in [2.05, 4.69) is 194 Å². The van der Waals surface area contributed by atoms with Crippen molar-refractivity contribution in [3.05, 3.63) is 233 Å². The maximum absolute atomic E-state index is 4.48. The summed E-state index contributed by atoms with van der Waals surface area (Å²) < 4.78 is 0. The number of allylic oxidation sites excluding steroid dienone is 12. The van der Waals surface area contributed by atoms with Crippen LogP contribution in [0.25, 0.3) is 28.9 Å². The van der Waals surface area contributed by atoms with E-state index in [-0.39, 0.29) is 5.41 Å². The minimum atomic E-state index is -0.0194. The molecule has 1 aliphatic rings. The van der Waals surface area contributed by atoms with Gasteiger partial charge in [0.1, 0.15) is 0 Å². The van der Waals surface area contributed by atoms with E-state index in [1.807, 2.05) is 63.3 Å². The Hall–Kier alpha value is -5.72. The van der Waals surface area contributed by atoms with Gasteiger partial charge in [-0.25, -0.2) is 0 Å². The molecule has 0 heteroatoms. The molecule has 0 radical (unpaired) electrons. The molecule has 0 bridgehead atoms. The number of aryl methyl sites for hydroxylation is 3. The average molecular weight is 895 g/mol. The molecule has 0 saturated carbocycles. The van der Waals surface area contributed by atoms with Crippen LogP contribution in [-0.2, 0) is 11.8 Å². The Morgan fingerprint density at radius 1 is 0.716 bits per heavy atom. The summed E-state index contributed by atoms with van der Waals surface area (Å²) in [5.74, 6) is 0.295. The smallest absolute Gasteiger partial charge is 0.0215 e. The van der Waals surface area contributed by atoms with Gasteiger partial charge in [0.25, 0.3) is 0 Å². The van der Waals surface area contributed by atoms with Gasteiger partial charge in [-0.2, -0.15) is 0 Å². The summed E-state index contributed by atoms with van der Waals surface area (Å²) in [6, 6.07) is 28.5. The van der Waals surface area contributed by atoms with Crippen LogP contribution in [0.3, 0.4) is 0 Å². The van der Waals surface area contributed by atoms with E-state index in [0.717, 1.165) is 50.5 Å². The van der Waals surface area contributed by atoms with Crippen LogP contribution in [0.5, 0.6) is 0 Å². The Balaban J connectivity index is 0.000000932. The van der Waals surface area contributed by atoms with Crippen molar-refractivity contribution in [1.82, 2.24) is 0 Å². The fourth-order valence-electron chi connectivity index (χ4n) is 9.02. The maximum atomic E-state index is 4.48. The molecule has 358 valence electrons. The van der Waals surface area contributed by atoms with Gasteiger partial charge in [0, 0.05) is 11.3 Å². The van der Waals surface area contributed by atoms with Crippen LogP contribution in [0.4, 0.5) is 0 Å². The topological polar surface area (TPSA) is 0 Å². The van der Waals surface area contributed by atoms with E-state index >= 15 is 0 Å². The average Bonchev–Trinajstić information content (AvgIpc) is 3.60. The monoisotopic (exact) mass is 895 g/mol. The van der Waals surface area contributed by atoms with Crippen LogP contribution in [0.15, 0.2) is 183 Å². The number of benzene rings is 4. The summed E-state index contributed by atoms with van der Waals surface area (Å²) in [7, 11) is 0. The third-order valence-electron chi connectivity index (χ3n) is 12.6. The van der Waals surface area contributed by atoms with Crippen molar-refractivity contribution in [2.75, 3.05) is 0 Å². The molecule has 4 aromatic rings. The van der Waals surface area contributed by atoms with E-state index in [0.29, 0.717) is 5.92 Å². The lowest BCUT2D eigenvalue weighted by atomic mass is 9.70. The summed E-state index contributed by atoms with van der Waals surface area (Å²) in [6.07, 6.45) is 26.8. The zero-order valence-electron chi connectivity index (χ0n) is 44.7. The van der Waals surface area contributed by atoms with Gasteiger partial charge in [0.15, 0.2) is 0 Å². The van der Waals surface area contributed by atoms with Crippen LogP contribution < -0.4 is 0 Å². The predicted octanol–water partition coefficient (Wildman–Crippen LogP) is 21.1. The second kappa shape index (κ2) is 32.1. The molecule has 1 atom stereocenters. The van der Waals surface area contributed by atoms with Crippen molar-refractivity contribution in [2.45, 2.75) is 153 Å². The fraction of sp³-hybridized carbons (Fsp3) is 0.343. The normalized spacial score (nSPS) is 12.9. The van der Waals surface area contributed by atoms with Crippen molar-refractivity contribution in [1.29, 1.82) is 0 Å². The van der Waals surface area contributed by atoms with Gasteiger partial charge in [-0.15, -0.1) is 0 Å². The summed E-state index contributed by atoms with van der Waals surface area (Å²) in [5.41, 5.74) is 20.7. The van der Waals surface area contributed by atoms with Crippen LogP contribution in [0, 0.1) is 13.8 Å². The van der Waals surface area contributed by atoms with Crippen molar-refractivity contribution in [3.8, 4) is 11.1 Å². The van der Waals surface area contributed by atoms with Crippen molar-refractivity contribution in [2.24, 2.45) is 0 Å². The first kappa shape index (κ1) is 59.3. The molecule has 4 aromatic carbocycles. The second-order valence-electron chi connectivity index (χ2n) is 17.3. The third kappa shape index (κ3) is 16.2. The minimum Gasteiger partial charge on any atom is -0.0991 e. The summed E-state index contributed by atoms with van der Waals surface area (Å²) in [6.45, 7) is 52.8. The SMILES string of the molecule is C=C/C(CCCc1cc2c(c(C=C)c1C=C)-c1ccc(C(C)/C(C=C)=C/C)cc1C2(CCC)CCC)=C(/C)C(=C)c1ccccc1C.C=C/C=C\C(C)=C/C.CC.CCC.Cc1ccccc1. The summed E-state index contributed by atoms with van der Waals surface area (Å²) in [4.78, 5) is 0. The quantitative estimate of drug-likeness (QED) is 0.0873. The Morgan fingerprint density at radius 3 is 1.79 bits per heavy atom. The number of fused-ring (bicyclic) bond motifs is 3. The Morgan fingerprint density at radius 2 is 1.31 bits per heavy atom. The zero-order valence-corrected chi connectivity index (χ0v) is 44.7. The standard InChI is InChI=1S/C47H56.C8H12.C7H8.C3H8.C2H6/c1-12-28-47(29-13-2)44-30-38(35(11)36(14-3)15-4)26-27-43(44)46-41(18-7)40(17-6)39(31-45(46)47)24-21-23-37(16-5)33(9)34(10)42-25-20-19-22-32(42)8;1-4-6-7-8(3)5-2;1-7-5-3-2-4-6-7;1-3-2;1-2/h14-20,22,25-27,30-31,35H,3,5-7,10,12-13,21,23-24,28-29H2,1-2,4,8-9,11H3;4-7H,1H2,2-3H3;2-6H,1H3;3H2,1-2H3;1-2H3/b36-15+,37-33+;7-6-,8-5-;;;. The highest BCUT2D eigenvalue weighted by Gasteiger charge is 2.43. The largest absolute Gasteiger partial charge is 0.0991 e. The molecule has 0 aliphatic heterocycles. The van der Waals surface area contributed by atoms with Gasteiger partial charge in [0.05, 0.1) is 0 Å². The zero-order chi connectivity index (χ0) is 50.5. The number of hydrogen-bond donors (Lipinski definition) is 0. The van der Waals surface area contributed by atoms with E-state index < -0.39 is 0 Å². The first-order valence-electron chi connectivity index (χ1n) is 25.2. The third-order valence-corrected chi connectivity index (χ3v) is 12.6. The molecular weight excluding hydrogens is 805 g/mol. The lowest BCUT2D eigenvalue weighted by Crippen LogP contribution is -2.25. The van der Waals surface area contributed by atoms with E-state index in [4.69, 9.17) is 0 Å². The summed E-state index contributed by atoms with van der Waals surface area (Å²) in [5, 5.41) is 0. The highest BCUT2D eigenvalue weighted by molar-refractivity contribution is 5.91. The predicted molar refractivity (Wildman–Crippen MR) is 308 cm³/mol. The van der Waals surface area contributed by atoms with E-state index in [9.17, 15) is 0 Å². The molecular formula is C67H90. The molecule has 0 amide bonds. The minimum absolute atomic E-state index is 0.0194. The highest BCUT2D eigenvalue weighted by atomic mass is 14.5. The lowest BCUT2D eigenvalue weighted by molar-refractivity contribution is 0.435. The molecule has 1 unspecified atom stereocenters.